The van der Waals surface area contributed by atoms with Gasteiger partial charge in [0.2, 0.25) is 0 Å². The molecule has 0 bridgehead atoms. The van der Waals surface area contributed by atoms with Gasteiger partial charge in [0.1, 0.15) is 17.1 Å². The van der Waals surface area contributed by atoms with E-state index < -0.39 is 11.6 Å². The fourth-order valence-electron chi connectivity index (χ4n) is 2.09. The molecule has 0 spiro atoms. The van der Waals surface area contributed by atoms with Crippen LogP contribution in [0.5, 0.6) is 5.75 Å². The van der Waals surface area contributed by atoms with Crippen molar-refractivity contribution in [3.63, 3.8) is 0 Å². The number of benzene rings is 2. The van der Waals surface area contributed by atoms with Crippen molar-refractivity contribution in [1.82, 2.24) is 5.43 Å². The third-order valence-corrected chi connectivity index (χ3v) is 3.01. The number of rotatable bonds is 5. The van der Waals surface area contributed by atoms with Crippen molar-refractivity contribution in [2.45, 2.75) is 19.4 Å². The van der Waals surface area contributed by atoms with Crippen LogP contribution in [-0.2, 0) is 0 Å². The Morgan fingerprint density at radius 1 is 1.05 bits per heavy atom. The van der Waals surface area contributed by atoms with Crippen molar-refractivity contribution in [3.05, 3.63) is 66.2 Å². The number of nitrogens with zero attached hydrogens (tertiary/aromatic N) is 1. The summed E-state index contributed by atoms with van der Waals surface area (Å²) in [5.41, 5.74) is 8.06. The van der Waals surface area contributed by atoms with Gasteiger partial charge in [-0.15, -0.1) is 0 Å². The van der Waals surface area contributed by atoms with Crippen molar-refractivity contribution in [3.8, 4) is 5.75 Å². The van der Waals surface area contributed by atoms with E-state index in [1.807, 2.05) is 74.5 Å². The molecular weight excluding hydrogens is 278 g/mol. The zero-order valence-corrected chi connectivity index (χ0v) is 12.6. The number of amides is 2. The van der Waals surface area contributed by atoms with E-state index in [2.05, 4.69) is 10.5 Å². The second kappa shape index (κ2) is 6.76. The lowest BCUT2D eigenvalue weighted by Crippen LogP contribution is -2.41. The van der Waals surface area contributed by atoms with Crippen LogP contribution in [-0.4, -0.2) is 17.3 Å². The fraction of sp³-hybridized carbons (Fsp3) is 0.176. The summed E-state index contributed by atoms with van der Waals surface area (Å²) in [6.45, 7) is 3.77. The maximum Gasteiger partial charge on any atom is 0.332 e. The number of nitrogens with two attached hydrogens (primary N) is 1. The summed E-state index contributed by atoms with van der Waals surface area (Å²) in [6, 6.07) is 18.2. The van der Waals surface area contributed by atoms with Gasteiger partial charge in [-0.3, -0.25) is 0 Å². The van der Waals surface area contributed by atoms with Gasteiger partial charge in [0.15, 0.2) is 0 Å². The fourth-order valence-corrected chi connectivity index (χ4v) is 2.09. The summed E-state index contributed by atoms with van der Waals surface area (Å²) in [5, 5.41) is 4.13. The van der Waals surface area contributed by atoms with Crippen LogP contribution < -0.4 is 15.9 Å². The number of hydrazone groups is 1. The first kappa shape index (κ1) is 15.6. The van der Waals surface area contributed by atoms with Gasteiger partial charge < -0.3 is 10.5 Å². The average molecular weight is 297 g/mol. The van der Waals surface area contributed by atoms with Crippen molar-refractivity contribution in [2.24, 2.45) is 10.8 Å². The molecule has 0 unspecified atom stereocenters. The molecule has 2 amide bonds. The van der Waals surface area contributed by atoms with Crippen LogP contribution in [0.4, 0.5) is 4.79 Å². The maximum absolute atomic E-state index is 11.0. The SMILES string of the molecule is CC(C)(Oc1ccccc1)C(=NNC(N)=O)c1ccccc1. The molecule has 0 radical (unpaired) electrons. The predicted octanol–water partition coefficient (Wildman–Crippen LogP) is 2.92. The van der Waals surface area contributed by atoms with Crippen LogP contribution in [0, 0.1) is 0 Å². The minimum atomic E-state index is -0.759. The van der Waals surface area contributed by atoms with E-state index in [9.17, 15) is 4.79 Å². The molecule has 22 heavy (non-hydrogen) atoms. The minimum absolute atomic E-state index is 0.579. The summed E-state index contributed by atoms with van der Waals surface area (Å²) < 4.78 is 6.03. The molecule has 114 valence electrons. The Bertz CT molecular complexity index is 652. The number of urea groups is 1. The topological polar surface area (TPSA) is 76.7 Å². The number of carbonyl (C=O) groups excluding carboxylic acids is 1. The highest BCUT2D eigenvalue weighted by molar-refractivity contribution is 6.06. The maximum atomic E-state index is 11.0. The standard InChI is InChI=1S/C17H19N3O2/c1-17(2,22-14-11-7-4-8-12-14)15(19-20-16(18)21)13-9-5-3-6-10-13/h3-12H,1-2H3,(H3,18,20,21). The lowest BCUT2D eigenvalue weighted by Gasteiger charge is -2.28. The summed E-state index contributed by atoms with van der Waals surface area (Å²) in [5.74, 6) is 0.718. The number of nitrogens with one attached hydrogen (secondary N) is 1. The molecule has 0 atom stereocenters. The van der Waals surface area contributed by atoms with Gasteiger partial charge >= 0.3 is 6.03 Å². The molecule has 5 heteroatoms. The quantitative estimate of drug-likeness (QED) is 0.657. The first-order valence-electron chi connectivity index (χ1n) is 6.92. The van der Waals surface area contributed by atoms with Gasteiger partial charge in [-0.2, -0.15) is 5.10 Å². The van der Waals surface area contributed by atoms with Gasteiger partial charge in [-0.1, -0.05) is 48.5 Å². The Morgan fingerprint density at radius 3 is 2.14 bits per heavy atom. The van der Waals surface area contributed by atoms with Gasteiger partial charge in [0.05, 0.1) is 0 Å². The van der Waals surface area contributed by atoms with E-state index in [4.69, 9.17) is 10.5 Å². The third-order valence-electron chi connectivity index (χ3n) is 3.01. The number of hydrogen-bond donors (Lipinski definition) is 2. The van der Waals surface area contributed by atoms with Crippen LogP contribution in [0.3, 0.4) is 0 Å². The minimum Gasteiger partial charge on any atom is -0.481 e. The molecule has 5 nitrogen and oxygen atoms in total. The number of ether oxygens (including phenoxy) is 1. The first-order chi connectivity index (χ1) is 10.5. The van der Waals surface area contributed by atoms with E-state index in [0.717, 1.165) is 11.3 Å². The average Bonchev–Trinajstić information content (AvgIpc) is 2.48. The summed E-state index contributed by atoms with van der Waals surface area (Å²) in [4.78, 5) is 11.0. The lowest BCUT2D eigenvalue weighted by atomic mass is 9.95. The molecule has 0 aliphatic heterocycles. The lowest BCUT2D eigenvalue weighted by molar-refractivity contribution is 0.182. The molecule has 0 aliphatic rings. The van der Waals surface area contributed by atoms with E-state index in [0.29, 0.717) is 5.71 Å². The summed E-state index contributed by atoms with van der Waals surface area (Å²) in [6.07, 6.45) is 0. The summed E-state index contributed by atoms with van der Waals surface area (Å²) in [7, 11) is 0. The number of carbonyl (C=O) groups is 1. The Kier molecular flexibility index (Phi) is 4.78. The second-order valence-electron chi connectivity index (χ2n) is 5.23. The van der Waals surface area contributed by atoms with Gasteiger partial charge in [-0.05, 0) is 26.0 Å². The molecule has 2 rings (SSSR count). The predicted molar refractivity (Wildman–Crippen MR) is 86.8 cm³/mol. The van der Waals surface area contributed by atoms with Gasteiger partial charge in [-0.25, -0.2) is 10.2 Å². The molecule has 0 saturated carbocycles. The highest BCUT2D eigenvalue weighted by Gasteiger charge is 2.29. The van der Waals surface area contributed by atoms with Crippen LogP contribution in [0.2, 0.25) is 0 Å². The molecular formula is C17H19N3O2. The van der Waals surface area contributed by atoms with Crippen LogP contribution in [0.15, 0.2) is 65.8 Å². The Morgan fingerprint density at radius 2 is 1.59 bits per heavy atom. The Hall–Kier alpha value is -2.82. The first-order valence-corrected chi connectivity index (χ1v) is 6.92. The van der Waals surface area contributed by atoms with E-state index in [1.165, 1.54) is 0 Å². The third kappa shape index (κ3) is 4.09. The normalized spacial score (nSPS) is 11.8. The van der Waals surface area contributed by atoms with Crippen molar-refractivity contribution < 1.29 is 9.53 Å². The number of para-hydroxylation sites is 1. The number of hydrogen-bond acceptors (Lipinski definition) is 3. The van der Waals surface area contributed by atoms with Gasteiger partial charge in [0.25, 0.3) is 0 Å². The molecule has 0 saturated heterocycles. The van der Waals surface area contributed by atoms with Crippen LogP contribution in [0.25, 0.3) is 0 Å². The van der Waals surface area contributed by atoms with E-state index in [-0.39, 0.29) is 0 Å². The summed E-state index contributed by atoms with van der Waals surface area (Å²) >= 11 is 0. The van der Waals surface area contributed by atoms with Crippen molar-refractivity contribution >= 4 is 11.7 Å². The highest BCUT2D eigenvalue weighted by Crippen LogP contribution is 2.22. The Labute approximate surface area is 129 Å². The van der Waals surface area contributed by atoms with Crippen molar-refractivity contribution in [1.29, 1.82) is 0 Å². The zero-order chi connectivity index (χ0) is 16.0. The molecule has 0 heterocycles. The monoisotopic (exact) mass is 297 g/mol. The molecule has 0 fully saturated rings. The molecule has 0 aromatic heterocycles. The zero-order valence-electron chi connectivity index (χ0n) is 12.6. The molecule has 2 aromatic carbocycles. The van der Waals surface area contributed by atoms with E-state index >= 15 is 0 Å². The largest absolute Gasteiger partial charge is 0.481 e. The Balaban J connectivity index is 2.35. The van der Waals surface area contributed by atoms with Gasteiger partial charge in [0, 0.05) is 5.56 Å². The highest BCUT2D eigenvalue weighted by atomic mass is 16.5. The van der Waals surface area contributed by atoms with Crippen LogP contribution in [0.1, 0.15) is 19.4 Å². The van der Waals surface area contributed by atoms with E-state index in [1.54, 1.807) is 0 Å². The smallest absolute Gasteiger partial charge is 0.332 e. The number of primary amides is 1. The van der Waals surface area contributed by atoms with Crippen molar-refractivity contribution in [2.75, 3.05) is 0 Å². The second-order valence-corrected chi connectivity index (χ2v) is 5.23. The molecule has 0 aliphatic carbocycles. The van der Waals surface area contributed by atoms with Crippen LogP contribution >= 0.6 is 0 Å². The molecule has 3 N–H and O–H groups in total. The molecule has 2 aromatic rings.